The Balaban J connectivity index is 1.99. The van der Waals surface area contributed by atoms with Crippen LogP contribution < -0.4 is 24.4 Å². The number of benzene rings is 3. The van der Waals surface area contributed by atoms with E-state index in [4.69, 9.17) is 25.5 Å². The average Bonchev–Trinajstić information content (AvgIpc) is 2.99. The number of halogens is 1. The first kappa shape index (κ1) is 30.5. The van der Waals surface area contributed by atoms with Gasteiger partial charge in [0.1, 0.15) is 40.5 Å². The summed E-state index contributed by atoms with van der Waals surface area (Å²) in [4.78, 5) is 26.3. The van der Waals surface area contributed by atoms with Crippen LogP contribution in [0.15, 0.2) is 88.7 Å². The number of nitrogens with zero attached hydrogens (tertiary/aromatic N) is 3. The molecule has 1 unspecified atom stereocenters. The van der Waals surface area contributed by atoms with Crippen molar-refractivity contribution in [3.63, 3.8) is 0 Å². The molecule has 208 valence electrons. The Kier molecular flexibility index (Phi) is 10.7. The normalized spacial score (nSPS) is 12.5. The predicted molar refractivity (Wildman–Crippen MR) is 158 cm³/mol. The van der Waals surface area contributed by atoms with Crippen LogP contribution in [0.1, 0.15) is 11.1 Å². The van der Waals surface area contributed by atoms with E-state index in [1.54, 1.807) is 72.8 Å². The third kappa shape index (κ3) is 8.74. The lowest BCUT2D eigenvalue weighted by atomic mass is 10.1. The van der Waals surface area contributed by atoms with E-state index in [1.165, 1.54) is 33.5 Å². The lowest BCUT2D eigenvalue weighted by Gasteiger charge is -2.20. The molecule has 41 heavy (non-hydrogen) atoms. The smallest absolute Gasteiger partial charge is 0.290 e. The molecule has 0 bridgehead atoms. The molecule has 0 saturated carbocycles. The molecule has 0 fully saturated rings. The molecule has 3 rings (SSSR count). The summed E-state index contributed by atoms with van der Waals surface area (Å²) in [6.07, 6.45) is 2.70. The van der Waals surface area contributed by atoms with Crippen molar-refractivity contribution in [1.29, 1.82) is 10.5 Å². The van der Waals surface area contributed by atoms with Crippen LogP contribution in [0.3, 0.4) is 0 Å². The van der Waals surface area contributed by atoms with Crippen LogP contribution in [0.5, 0.6) is 17.2 Å². The molecule has 0 radical (unpaired) electrons. The number of nitriles is 2. The summed E-state index contributed by atoms with van der Waals surface area (Å²) in [6.45, 7) is -3.76. The molecule has 0 saturated heterocycles. The molecule has 10 nitrogen and oxygen atoms in total. The Labute approximate surface area is 242 Å². The first-order chi connectivity index (χ1) is 19.7. The molecular weight excluding hydrogens is 565 g/mol. The highest BCUT2D eigenvalue weighted by molar-refractivity contribution is 7.91. The van der Waals surface area contributed by atoms with E-state index in [2.05, 4.69) is 14.9 Å². The van der Waals surface area contributed by atoms with Crippen LogP contribution in [-0.4, -0.2) is 33.1 Å². The van der Waals surface area contributed by atoms with Gasteiger partial charge in [-0.3, -0.25) is 14.7 Å². The summed E-state index contributed by atoms with van der Waals surface area (Å²) in [5.41, 5.74) is 0.905. The van der Waals surface area contributed by atoms with Crippen LogP contribution in [0, 0.1) is 22.7 Å². The Bertz CT molecular complexity index is 1600. The molecule has 1 atom stereocenters. The van der Waals surface area contributed by atoms with E-state index in [0.717, 1.165) is 0 Å². The van der Waals surface area contributed by atoms with Gasteiger partial charge in [0.15, 0.2) is 0 Å². The number of nitrogens with one attached hydrogen (secondary N) is 2. The summed E-state index contributed by atoms with van der Waals surface area (Å²) in [5, 5.41) is 24.7. The molecule has 0 spiro atoms. The zero-order valence-electron chi connectivity index (χ0n) is 22.3. The second-order valence-electron chi connectivity index (χ2n) is 8.13. The van der Waals surface area contributed by atoms with Crippen LogP contribution in [0.2, 0.25) is 0 Å². The van der Waals surface area contributed by atoms with Crippen molar-refractivity contribution in [2.24, 2.45) is 4.74 Å². The largest absolute Gasteiger partial charge is 0.497 e. The zero-order chi connectivity index (χ0) is 29.8. The van der Waals surface area contributed by atoms with Crippen molar-refractivity contribution in [2.75, 3.05) is 26.4 Å². The van der Waals surface area contributed by atoms with Gasteiger partial charge < -0.3 is 19.3 Å². The van der Waals surface area contributed by atoms with Gasteiger partial charge in [-0.05, 0) is 83.1 Å². The minimum absolute atomic E-state index is 0.284. The summed E-state index contributed by atoms with van der Waals surface area (Å²) in [7, 11) is 4.55. The molecule has 12 heteroatoms. The third-order valence-electron chi connectivity index (χ3n) is 5.42. The van der Waals surface area contributed by atoms with Crippen LogP contribution in [0.4, 0.5) is 5.69 Å². The second-order valence-corrected chi connectivity index (χ2v) is 11.4. The van der Waals surface area contributed by atoms with Gasteiger partial charge in [-0.1, -0.05) is 24.3 Å². The standard InChI is InChI=1S/C29H25ClN5O5P/c1-38-25-10-4-20(5-11-25)16-22(18-31)28(36)34-41(30,33-24-8-14-27(40-3)15-9-24)35-29(37)23(19-32)17-21-6-12-26(39-2)13-7-21/h4-17,33H,1-3H3,(H,34,36)/b22-16-,23-17-. The SMILES string of the molecule is COc1ccc(/C=C(/C#N)C(=O)N=P(Cl)(NC(=O)/C(C#N)=C\c2ccc(OC)cc2)Nc2ccc(OC)cc2)cc1. The molecule has 0 aliphatic heterocycles. The Morgan fingerprint density at radius 2 is 1.17 bits per heavy atom. The summed E-state index contributed by atoms with van der Waals surface area (Å²) < 4.78 is 19.4. The lowest BCUT2D eigenvalue weighted by Crippen LogP contribution is -2.23. The van der Waals surface area contributed by atoms with Crippen molar-refractivity contribution in [3.8, 4) is 29.4 Å². The fraction of sp³-hybridized carbons (Fsp3) is 0.103. The summed E-state index contributed by atoms with van der Waals surface area (Å²) >= 11 is 6.77. The highest BCUT2D eigenvalue weighted by Crippen LogP contribution is 2.51. The molecular formula is C29H25ClN5O5P. The molecule has 3 aromatic carbocycles. The first-order valence-electron chi connectivity index (χ1n) is 11.9. The number of hydrogen-bond donors (Lipinski definition) is 2. The van der Waals surface area contributed by atoms with Gasteiger partial charge in [0.25, 0.3) is 11.8 Å². The van der Waals surface area contributed by atoms with E-state index in [1.807, 2.05) is 12.1 Å². The Morgan fingerprint density at radius 1 is 0.756 bits per heavy atom. The van der Waals surface area contributed by atoms with Crippen molar-refractivity contribution < 1.29 is 23.8 Å². The van der Waals surface area contributed by atoms with Crippen LogP contribution in [-0.2, 0) is 9.59 Å². The fourth-order valence-electron chi connectivity index (χ4n) is 3.31. The predicted octanol–water partition coefficient (Wildman–Crippen LogP) is 6.17. The minimum atomic E-state index is -3.76. The molecule has 0 aliphatic carbocycles. The number of rotatable bonds is 10. The van der Waals surface area contributed by atoms with E-state index in [-0.39, 0.29) is 11.1 Å². The second kappa shape index (κ2) is 14.4. The highest BCUT2D eigenvalue weighted by Gasteiger charge is 2.25. The topological polar surface area (TPSA) is 146 Å². The van der Waals surface area contributed by atoms with Gasteiger partial charge in [0.05, 0.1) is 21.3 Å². The summed E-state index contributed by atoms with van der Waals surface area (Å²) in [5.74, 6) is -0.0699. The monoisotopic (exact) mass is 589 g/mol. The maximum Gasteiger partial charge on any atom is 0.290 e. The van der Waals surface area contributed by atoms with Crippen molar-refractivity contribution in [3.05, 3.63) is 95.1 Å². The lowest BCUT2D eigenvalue weighted by molar-refractivity contribution is -0.115. The van der Waals surface area contributed by atoms with Crippen LogP contribution >= 0.6 is 17.9 Å². The minimum Gasteiger partial charge on any atom is -0.497 e. The number of anilines is 1. The maximum absolute atomic E-state index is 13.2. The molecule has 2 N–H and O–H groups in total. The van der Waals surface area contributed by atoms with Crippen LogP contribution in [0.25, 0.3) is 12.2 Å². The van der Waals surface area contributed by atoms with E-state index < -0.39 is 18.5 Å². The molecule has 0 aromatic heterocycles. The first-order valence-corrected chi connectivity index (χ1v) is 14.5. The Hall–Kier alpha value is -5.02. The highest BCUT2D eigenvalue weighted by atomic mass is 35.7. The number of hydrogen-bond acceptors (Lipinski definition) is 7. The van der Waals surface area contributed by atoms with Gasteiger partial charge in [0, 0.05) is 5.69 Å². The van der Waals surface area contributed by atoms with Crippen molar-refractivity contribution in [1.82, 2.24) is 5.09 Å². The van der Waals surface area contributed by atoms with Crippen molar-refractivity contribution >= 4 is 47.6 Å². The molecule has 0 heterocycles. The van der Waals surface area contributed by atoms with Gasteiger partial charge in [-0.15, -0.1) is 0 Å². The fourth-order valence-corrected chi connectivity index (χ4v) is 5.44. The number of amides is 2. The number of methoxy groups -OCH3 is 3. The van der Waals surface area contributed by atoms with Crippen molar-refractivity contribution in [2.45, 2.75) is 0 Å². The quantitative estimate of drug-likeness (QED) is 0.162. The van der Waals surface area contributed by atoms with Gasteiger partial charge in [-0.25, -0.2) is 0 Å². The van der Waals surface area contributed by atoms with E-state index in [9.17, 15) is 20.1 Å². The summed E-state index contributed by atoms with van der Waals surface area (Å²) in [6, 6.07) is 23.5. The molecule has 3 aromatic rings. The van der Waals surface area contributed by atoms with Gasteiger partial charge in [0.2, 0.25) is 6.71 Å². The zero-order valence-corrected chi connectivity index (χ0v) is 23.9. The van der Waals surface area contributed by atoms with Gasteiger partial charge >= 0.3 is 0 Å². The number of ether oxygens (including phenoxy) is 3. The Morgan fingerprint density at radius 3 is 1.59 bits per heavy atom. The molecule has 0 aliphatic rings. The average molecular weight is 590 g/mol. The third-order valence-corrected chi connectivity index (χ3v) is 7.66. The molecule has 2 amide bonds. The number of carbonyl (C=O) groups is 2. The van der Waals surface area contributed by atoms with E-state index >= 15 is 0 Å². The van der Waals surface area contributed by atoms with E-state index in [0.29, 0.717) is 34.1 Å². The van der Waals surface area contributed by atoms with Gasteiger partial charge in [-0.2, -0.15) is 15.3 Å². The maximum atomic E-state index is 13.2. The number of carbonyl (C=O) groups excluding carboxylic acids is 2.